The van der Waals surface area contributed by atoms with Gasteiger partial charge < -0.3 is 15.2 Å². The van der Waals surface area contributed by atoms with Crippen molar-refractivity contribution in [2.24, 2.45) is 11.0 Å². The van der Waals surface area contributed by atoms with E-state index in [0.29, 0.717) is 31.7 Å². The summed E-state index contributed by atoms with van der Waals surface area (Å²) in [6.45, 7) is 5.44. The molecule has 0 saturated heterocycles. The second-order valence-electron chi connectivity index (χ2n) is 7.59. The highest BCUT2D eigenvalue weighted by Crippen LogP contribution is 2.32. The zero-order valence-electron chi connectivity index (χ0n) is 18.0. The second kappa shape index (κ2) is 12.6. The maximum atomic E-state index is 12.7. The van der Waals surface area contributed by atoms with Crippen molar-refractivity contribution < 1.29 is 19.4 Å². The van der Waals surface area contributed by atoms with Gasteiger partial charge in [-0.2, -0.15) is 5.10 Å². The van der Waals surface area contributed by atoms with Gasteiger partial charge in [0.15, 0.2) is 6.10 Å². The lowest BCUT2D eigenvalue weighted by Gasteiger charge is -2.22. The smallest absolute Gasteiger partial charge is 0.262 e. The second-order valence-corrected chi connectivity index (χ2v) is 10.1. The number of carbonyl (C=O) groups is 2. The first kappa shape index (κ1) is 27.4. The summed E-state index contributed by atoms with van der Waals surface area (Å²) < 4.78 is 6.58. The molecule has 0 heterocycles. The Labute approximate surface area is 219 Å². The molecule has 178 valence electrons. The molecule has 0 spiro atoms. The Bertz CT molecular complexity index is 1030. The van der Waals surface area contributed by atoms with Gasteiger partial charge in [0.1, 0.15) is 17.5 Å². The molecule has 0 aromatic heterocycles. The molecule has 0 aliphatic carbocycles. The fourth-order valence-electron chi connectivity index (χ4n) is 2.71. The number of benzene rings is 2. The fraction of sp³-hybridized carbons (Fsp3) is 0.318. The van der Waals surface area contributed by atoms with E-state index in [-0.39, 0.29) is 16.7 Å². The van der Waals surface area contributed by atoms with Gasteiger partial charge >= 0.3 is 0 Å². The fourth-order valence-corrected chi connectivity index (χ4v) is 4.39. The number of aromatic hydroxyl groups is 1. The summed E-state index contributed by atoms with van der Waals surface area (Å²) >= 11 is 18.5. The van der Waals surface area contributed by atoms with Crippen LogP contribution in [0.15, 0.2) is 44.4 Å². The Balaban J connectivity index is 2.03. The van der Waals surface area contributed by atoms with E-state index in [0.717, 1.165) is 0 Å². The molecule has 2 rings (SSSR count). The molecule has 0 aliphatic heterocycles. The highest BCUT2D eigenvalue weighted by molar-refractivity contribution is 9.11. The summed E-state index contributed by atoms with van der Waals surface area (Å²) in [5.74, 6) is -0.438. The highest BCUT2D eigenvalue weighted by atomic mass is 79.9. The molecule has 0 fully saturated rings. The molecule has 0 bridgehead atoms. The van der Waals surface area contributed by atoms with Crippen molar-refractivity contribution in [1.82, 2.24) is 10.7 Å². The SMILES string of the molecule is CC(C)C[C@H](NC(=O)[C@@H](C)Oc1ccc(Cl)cc1Cl)C(=O)N/N=C\c1cc(Br)c(O)c(Br)c1. The van der Waals surface area contributed by atoms with Crippen LogP contribution in [0, 0.1) is 5.92 Å². The lowest BCUT2D eigenvalue weighted by molar-refractivity contribution is -0.132. The quantitative estimate of drug-likeness (QED) is 0.247. The Morgan fingerprint density at radius 2 is 1.76 bits per heavy atom. The van der Waals surface area contributed by atoms with E-state index >= 15 is 0 Å². The van der Waals surface area contributed by atoms with E-state index in [9.17, 15) is 14.7 Å². The van der Waals surface area contributed by atoms with Crippen molar-refractivity contribution in [3.8, 4) is 11.5 Å². The predicted octanol–water partition coefficient (Wildman–Crippen LogP) is 5.67. The molecule has 2 aromatic rings. The number of carbonyl (C=O) groups excluding carboxylic acids is 2. The van der Waals surface area contributed by atoms with Crippen molar-refractivity contribution in [1.29, 1.82) is 0 Å². The topological polar surface area (TPSA) is 100 Å². The molecular weight excluding hydrogens is 601 g/mol. The van der Waals surface area contributed by atoms with E-state index in [1.807, 2.05) is 13.8 Å². The number of phenols is 1. The Morgan fingerprint density at radius 1 is 1.12 bits per heavy atom. The molecule has 2 atom stereocenters. The summed E-state index contributed by atoms with van der Waals surface area (Å²) in [6, 6.07) is 7.15. The van der Waals surface area contributed by atoms with E-state index in [2.05, 4.69) is 47.7 Å². The molecule has 0 radical (unpaired) electrons. The van der Waals surface area contributed by atoms with Crippen molar-refractivity contribution in [3.63, 3.8) is 0 Å². The first-order valence-electron chi connectivity index (χ1n) is 9.91. The number of ether oxygens (including phenoxy) is 1. The number of hydrogen-bond donors (Lipinski definition) is 3. The number of halogens is 4. The number of hydrazone groups is 1. The minimum atomic E-state index is -0.902. The molecular formula is C22H23Br2Cl2N3O4. The molecule has 0 saturated carbocycles. The number of nitrogens with one attached hydrogen (secondary N) is 2. The first-order valence-corrected chi connectivity index (χ1v) is 12.2. The van der Waals surface area contributed by atoms with Gasteiger partial charge in [-0.05, 0) is 87.0 Å². The molecule has 11 heteroatoms. The standard InChI is InChI=1S/C22H23Br2Cl2N3O4/c1-11(2)6-18(22(32)29-27-10-13-7-15(23)20(30)16(24)8-13)28-21(31)12(3)33-19-5-4-14(25)9-17(19)26/h4-5,7-12,18,30H,6H2,1-3H3,(H,28,31)(H,29,32)/b27-10-/t12-,18+/m1/s1. The largest absolute Gasteiger partial charge is 0.506 e. The third kappa shape index (κ3) is 8.48. The first-order chi connectivity index (χ1) is 15.5. The van der Waals surface area contributed by atoms with Crippen LogP contribution in [0.3, 0.4) is 0 Å². The summed E-state index contributed by atoms with van der Waals surface area (Å²) in [5, 5.41) is 17.2. The van der Waals surface area contributed by atoms with E-state index in [1.54, 1.807) is 31.2 Å². The van der Waals surface area contributed by atoms with Crippen molar-refractivity contribution >= 4 is 73.1 Å². The number of phenolic OH excluding ortho intramolecular Hbond substituents is 1. The molecule has 2 aromatic carbocycles. The molecule has 2 amide bonds. The molecule has 0 unspecified atom stereocenters. The minimum Gasteiger partial charge on any atom is -0.506 e. The van der Waals surface area contributed by atoms with E-state index in [1.165, 1.54) is 12.3 Å². The third-order valence-corrected chi connectivity index (χ3v) is 6.07. The molecule has 7 nitrogen and oxygen atoms in total. The van der Waals surface area contributed by atoms with Crippen LogP contribution in [0.1, 0.15) is 32.8 Å². The zero-order chi connectivity index (χ0) is 24.7. The van der Waals surface area contributed by atoms with Crippen LogP contribution in [-0.2, 0) is 9.59 Å². The van der Waals surface area contributed by atoms with Crippen LogP contribution < -0.4 is 15.5 Å². The number of amides is 2. The lowest BCUT2D eigenvalue weighted by Crippen LogP contribution is -2.49. The highest BCUT2D eigenvalue weighted by Gasteiger charge is 2.25. The van der Waals surface area contributed by atoms with E-state index < -0.39 is 24.0 Å². The van der Waals surface area contributed by atoms with Crippen molar-refractivity contribution in [2.45, 2.75) is 39.3 Å². The van der Waals surface area contributed by atoms with E-state index in [4.69, 9.17) is 27.9 Å². The van der Waals surface area contributed by atoms with Crippen LogP contribution in [0.5, 0.6) is 11.5 Å². The normalized spacial score (nSPS) is 13.1. The van der Waals surface area contributed by atoms with Crippen LogP contribution in [-0.4, -0.2) is 35.3 Å². The minimum absolute atomic E-state index is 0.0621. The van der Waals surface area contributed by atoms with Crippen molar-refractivity contribution in [3.05, 3.63) is 54.9 Å². The van der Waals surface area contributed by atoms with Gasteiger partial charge in [-0.1, -0.05) is 37.0 Å². The van der Waals surface area contributed by atoms with Crippen LogP contribution in [0.2, 0.25) is 10.0 Å². The average molecular weight is 624 g/mol. The van der Waals surface area contributed by atoms with Gasteiger partial charge in [0.25, 0.3) is 11.8 Å². The molecule has 0 aliphatic rings. The van der Waals surface area contributed by atoms with Gasteiger partial charge in [-0.25, -0.2) is 5.43 Å². The Hall–Kier alpha value is -1.81. The van der Waals surface area contributed by atoms with Crippen molar-refractivity contribution in [2.75, 3.05) is 0 Å². The average Bonchev–Trinajstić information content (AvgIpc) is 2.72. The number of rotatable bonds is 9. The van der Waals surface area contributed by atoms with Gasteiger partial charge in [0.2, 0.25) is 0 Å². The summed E-state index contributed by atoms with van der Waals surface area (Å²) in [7, 11) is 0. The summed E-state index contributed by atoms with van der Waals surface area (Å²) in [4.78, 5) is 25.4. The van der Waals surface area contributed by atoms with Gasteiger partial charge in [-0.3, -0.25) is 9.59 Å². The Morgan fingerprint density at radius 3 is 2.33 bits per heavy atom. The molecule has 3 N–H and O–H groups in total. The monoisotopic (exact) mass is 621 g/mol. The predicted molar refractivity (Wildman–Crippen MR) is 137 cm³/mol. The maximum Gasteiger partial charge on any atom is 0.262 e. The Kier molecular flexibility index (Phi) is 10.5. The zero-order valence-corrected chi connectivity index (χ0v) is 22.7. The maximum absolute atomic E-state index is 12.7. The van der Waals surface area contributed by atoms with Crippen LogP contribution in [0.25, 0.3) is 0 Å². The summed E-state index contributed by atoms with van der Waals surface area (Å²) in [6.07, 6.45) is 0.925. The van der Waals surface area contributed by atoms with Gasteiger partial charge in [-0.15, -0.1) is 0 Å². The van der Waals surface area contributed by atoms with Crippen LogP contribution in [0.4, 0.5) is 0 Å². The van der Waals surface area contributed by atoms with Crippen LogP contribution >= 0.6 is 55.1 Å². The van der Waals surface area contributed by atoms with Gasteiger partial charge in [0.05, 0.1) is 20.2 Å². The van der Waals surface area contributed by atoms with Gasteiger partial charge in [0, 0.05) is 5.02 Å². The number of hydrogen-bond acceptors (Lipinski definition) is 5. The number of nitrogens with zero attached hydrogens (tertiary/aromatic N) is 1. The third-order valence-electron chi connectivity index (χ3n) is 4.33. The lowest BCUT2D eigenvalue weighted by atomic mass is 10.0. The summed E-state index contributed by atoms with van der Waals surface area (Å²) in [5.41, 5.74) is 3.08. The molecule has 33 heavy (non-hydrogen) atoms.